The summed E-state index contributed by atoms with van der Waals surface area (Å²) in [6.07, 6.45) is 9.71. The van der Waals surface area contributed by atoms with E-state index >= 15 is 0 Å². The number of allylic oxidation sites excluding steroid dienone is 4. The molecular weight excluding hydrogens is 236 g/mol. The Labute approximate surface area is 117 Å². The molecule has 0 saturated heterocycles. The molecule has 0 aromatic heterocycles. The maximum Gasteiger partial charge on any atom is 0.303 e. The minimum absolute atomic E-state index is 0.161. The Bertz CT molecular complexity index is 375. The summed E-state index contributed by atoms with van der Waals surface area (Å²) in [6, 6.07) is 0. The molecule has 0 radical (unpaired) electrons. The normalized spacial score (nSPS) is 22.2. The van der Waals surface area contributed by atoms with E-state index in [1.165, 1.54) is 18.1 Å². The van der Waals surface area contributed by atoms with Gasteiger partial charge >= 0.3 is 5.97 Å². The molecule has 0 spiro atoms. The molecule has 0 aliphatic heterocycles. The van der Waals surface area contributed by atoms with E-state index in [1.807, 2.05) is 0 Å². The standard InChI is InChI=1S/C17H28O2/c1-13(2)7-6-12-17(5,19-15(4)18)16-10-8-14(3)9-11-16/h7-8,16H,6,9-12H2,1-5H3/t16-,17-/m0/s1. The lowest BCUT2D eigenvalue weighted by molar-refractivity contribution is -0.162. The molecule has 108 valence electrons. The highest BCUT2D eigenvalue weighted by atomic mass is 16.6. The lowest BCUT2D eigenvalue weighted by atomic mass is 9.76. The summed E-state index contributed by atoms with van der Waals surface area (Å²) >= 11 is 0. The van der Waals surface area contributed by atoms with Crippen molar-refractivity contribution in [2.45, 2.75) is 72.3 Å². The van der Waals surface area contributed by atoms with E-state index < -0.39 is 0 Å². The van der Waals surface area contributed by atoms with Crippen molar-refractivity contribution >= 4 is 5.97 Å². The zero-order valence-corrected chi connectivity index (χ0v) is 13.1. The molecular formula is C17H28O2. The van der Waals surface area contributed by atoms with E-state index in [1.54, 1.807) is 0 Å². The van der Waals surface area contributed by atoms with Gasteiger partial charge in [0.2, 0.25) is 0 Å². The van der Waals surface area contributed by atoms with Crippen molar-refractivity contribution in [3.05, 3.63) is 23.3 Å². The van der Waals surface area contributed by atoms with Gasteiger partial charge in [-0.15, -0.1) is 0 Å². The van der Waals surface area contributed by atoms with Crippen molar-refractivity contribution in [1.82, 2.24) is 0 Å². The zero-order chi connectivity index (χ0) is 14.5. The molecule has 0 saturated carbocycles. The highest BCUT2D eigenvalue weighted by molar-refractivity contribution is 5.66. The first-order chi connectivity index (χ1) is 8.83. The second-order valence-corrected chi connectivity index (χ2v) is 6.25. The smallest absolute Gasteiger partial charge is 0.303 e. The Kier molecular flexibility index (Phi) is 5.84. The molecule has 2 heteroatoms. The molecule has 19 heavy (non-hydrogen) atoms. The summed E-state index contributed by atoms with van der Waals surface area (Å²) in [5, 5.41) is 0. The average molecular weight is 264 g/mol. The van der Waals surface area contributed by atoms with Gasteiger partial charge in [0.05, 0.1) is 0 Å². The van der Waals surface area contributed by atoms with Gasteiger partial charge in [0.25, 0.3) is 0 Å². The van der Waals surface area contributed by atoms with Gasteiger partial charge in [-0.3, -0.25) is 4.79 Å². The summed E-state index contributed by atoms with van der Waals surface area (Å²) in [5.74, 6) is 0.289. The lowest BCUT2D eigenvalue weighted by Crippen LogP contribution is -2.40. The van der Waals surface area contributed by atoms with Gasteiger partial charge < -0.3 is 4.74 Å². The van der Waals surface area contributed by atoms with E-state index in [2.05, 4.69) is 39.8 Å². The van der Waals surface area contributed by atoms with Crippen LogP contribution in [0.3, 0.4) is 0 Å². The first-order valence-corrected chi connectivity index (χ1v) is 7.32. The minimum Gasteiger partial charge on any atom is -0.459 e. The third-order valence-electron chi connectivity index (χ3n) is 4.07. The summed E-state index contributed by atoms with van der Waals surface area (Å²) in [5.41, 5.74) is 2.46. The van der Waals surface area contributed by atoms with Crippen molar-refractivity contribution in [2.24, 2.45) is 5.92 Å². The fraction of sp³-hybridized carbons (Fsp3) is 0.706. The number of ether oxygens (including phenoxy) is 1. The van der Waals surface area contributed by atoms with Crippen LogP contribution < -0.4 is 0 Å². The number of hydrogen-bond acceptors (Lipinski definition) is 2. The van der Waals surface area contributed by atoms with E-state index in [0.717, 1.165) is 32.1 Å². The quantitative estimate of drug-likeness (QED) is 0.526. The Balaban J connectivity index is 2.74. The molecule has 1 rings (SSSR count). The van der Waals surface area contributed by atoms with E-state index in [4.69, 9.17) is 4.74 Å². The molecule has 1 aliphatic rings. The molecule has 2 atom stereocenters. The van der Waals surface area contributed by atoms with Crippen LogP contribution in [0.15, 0.2) is 23.3 Å². The van der Waals surface area contributed by atoms with Gasteiger partial charge in [-0.05, 0) is 59.8 Å². The second kappa shape index (κ2) is 6.93. The Hall–Kier alpha value is -1.05. The zero-order valence-electron chi connectivity index (χ0n) is 13.1. The van der Waals surface area contributed by atoms with Gasteiger partial charge in [0.1, 0.15) is 5.60 Å². The van der Waals surface area contributed by atoms with Gasteiger partial charge in [-0.25, -0.2) is 0 Å². The van der Waals surface area contributed by atoms with Crippen LogP contribution in [0.4, 0.5) is 0 Å². The predicted octanol–water partition coefficient (Wildman–Crippen LogP) is 4.80. The maximum atomic E-state index is 11.4. The lowest BCUT2D eigenvalue weighted by Gasteiger charge is -2.38. The van der Waals surface area contributed by atoms with E-state index in [0.29, 0.717) is 5.92 Å². The molecule has 0 aromatic carbocycles. The molecule has 0 amide bonds. The molecule has 2 nitrogen and oxygen atoms in total. The van der Waals surface area contributed by atoms with Crippen molar-refractivity contribution in [3.63, 3.8) is 0 Å². The highest BCUT2D eigenvalue weighted by Gasteiger charge is 2.36. The Morgan fingerprint density at radius 2 is 2.16 bits per heavy atom. The van der Waals surface area contributed by atoms with Crippen LogP contribution in [-0.4, -0.2) is 11.6 Å². The highest BCUT2D eigenvalue weighted by Crippen LogP contribution is 2.37. The molecule has 0 N–H and O–H groups in total. The number of rotatable bonds is 5. The predicted molar refractivity (Wildman–Crippen MR) is 79.9 cm³/mol. The van der Waals surface area contributed by atoms with Gasteiger partial charge in [0.15, 0.2) is 0 Å². The largest absolute Gasteiger partial charge is 0.459 e. The summed E-state index contributed by atoms with van der Waals surface area (Å²) < 4.78 is 5.70. The van der Waals surface area contributed by atoms with Crippen LogP contribution >= 0.6 is 0 Å². The average Bonchev–Trinajstić information content (AvgIpc) is 2.28. The van der Waals surface area contributed by atoms with Gasteiger partial charge in [-0.1, -0.05) is 23.3 Å². The number of esters is 1. The molecule has 0 bridgehead atoms. The third-order valence-corrected chi connectivity index (χ3v) is 4.07. The molecule has 0 fully saturated rings. The summed E-state index contributed by atoms with van der Waals surface area (Å²) in [7, 11) is 0. The first-order valence-electron chi connectivity index (χ1n) is 7.32. The molecule has 0 unspecified atom stereocenters. The number of hydrogen-bond donors (Lipinski definition) is 0. The van der Waals surface area contributed by atoms with Gasteiger partial charge in [-0.2, -0.15) is 0 Å². The van der Waals surface area contributed by atoms with Crippen LogP contribution in [0.5, 0.6) is 0 Å². The maximum absolute atomic E-state index is 11.4. The van der Waals surface area contributed by atoms with Crippen LogP contribution in [0.25, 0.3) is 0 Å². The van der Waals surface area contributed by atoms with E-state index in [-0.39, 0.29) is 11.6 Å². The van der Waals surface area contributed by atoms with Crippen LogP contribution in [0, 0.1) is 5.92 Å². The molecule has 0 heterocycles. The Morgan fingerprint density at radius 1 is 1.47 bits per heavy atom. The Morgan fingerprint density at radius 3 is 2.63 bits per heavy atom. The topological polar surface area (TPSA) is 26.3 Å². The van der Waals surface area contributed by atoms with Crippen molar-refractivity contribution in [1.29, 1.82) is 0 Å². The number of carbonyl (C=O) groups is 1. The van der Waals surface area contributed by atoms with Crippen LogP contribution in [-0.2, 0) is 9.53 Å². The first kappa shape index (κ1) is 16.0. The van der Waals surface area contributed by atoms with Crippen molar-refractivity contribution < 1.29 is 9.53 Å². The third kappa shape index (κ3) is 5.22. The summed E-state index contributed by atoms with van der Waals surface area (Å²) in [6.45, 7) is 10.0. The summed E-state index contributed by atoms with van der Waals surface area (Å²) in [4.78, 5) is 11.4. The van der Waals surface area contributed by atoms with Crippen LogP contribution in [0.2, 0.25) is 0 Å². The fourth-order valence-electron chi connectivity index (χ4n) is 2.83. The SMILES string of the molecule is CC(=O)O[C@@](C)(CCC=C(C)C)[C@H]1CC=C(C)CC1. The fourth-order valence-corrected chi connectivity index (χ4v) is 2.83. The van der Waals surface area contributed by atoms with Crippen LogP contribution in [0.1, 0.15) is 66.7 Å². The minimum atomic E-state index is -0.324. The monoisotopic (exact) mass is 264 g/mol. The van der Waals surface area contributed by atoms with Crippen molar-refractivity contribution in [2.75, 3.05) is 0 Å². The molecule has 1 aliphatic carbocycles. The van der Waals surface area contributed by atoms with Gasteiger partial charge in [0, 0.05) is 12.8 Å². The second-order valence-electron chi connectivity index (χ2n) is 6.25. The van der Waals surface area contributed by atoms with E-state index in [9.17, 15) is 4.79 Å². The molecule has 0 aromatic rings. The number of carbonyl (C=O) groups excluding carboxylic acids is 1. The van der Waals surface area contributed by atoms with Crippen molar-refractivity contribution in [3.8, 4) is 0 Å².